The maximum absolute atomic E-state index is 10.9. The Hall–Kier alpha value is -1.78. The van der Waals surface area contributed by atoms with E-state index in [9.17, 15) is 10.1 Å². The molecule has 0 aliphatic carbocycles. The van der Waals surface area contributed by atoms with Gasteiger partial charge in [0.25, 0.3) is 0 Å². The number of nitro benzene ring substituents is 1. The molecule has 5 heteroatoms. The molecule has 0 saturated carbocycles. The van der Waals surface area contributed by atoms with Gasteiger partial charge in [0.2, 0.25) is 0 Å². The number of benzene rings is 1. The van der Waals surface area contributed by atoms with Crippen LogP contribution in [0.2, 0.25) is 0 Å². The van der Waals surface area contributed by atoms with Crippen LogP contribution in [0.1, 0.15) is 34.1 Å². The van der Waals surface area contributed by atoms with E-state index in [0.717, 1.165) is 18.7 Å². The minimum Gasteiger partial charge on any atom is -0.484 e. The van der Waals surface area contributed by atoms with E-state index in [1.807, 2.05) is 13.8 Å². The van der Waals surface area contributed by atoms with Crippen molar-refractivity contribution < 1.29 is 9.66 Å². The molecule has 0 aromatic heterocycles. The van der Waals surface area contributed by atoms with Crippen LogP contribution in [0.25, 0.3) is 0 Å². The van der Waals surface area contributed by atoms with Gasteiger partial charge in [-0.2, -0.15) is 0 Å². The second kappa shape index (κ2) is 6.97. The average molecular weight is 266 g/mol. The summed E-state index contributed by atoms with van der Waals surface area (Å²) in [7, 11) is 0. The number of hydrogen-bond donors (Lipinski definition) is 1. The molecule has 0 amide bonds. The molecule has 1 rings (SSSR count). The first-order valence-corrected chi connectivity index (χ1v) is 6.63. The van der Waals surface area contributed by atoms with Crippen molar-refractivity contribution in [3.8, 4) is 5.75 Å². The second-order valence-corrected chi connectivity index (χ2v) is 5.00. The summed E-state index contributed by atoms with van der Waals surface area (Å²) in [4.78, 5) is 10.5. The van der Waals surface area contributed by atoms with Crippen LogP contribution in [0, 0.1) is 16.0 Å². The van der Waals surface area contributed by atoms with E-state index >= 15 is 0 Å². The van der Waals surface area contributed by atoms with Crippen LogP contribution in [0.5, 0.6) is 5.75 Å². The number of nitro groups is 1. The van der Waals surface area contributed by atoms with Crippen molar-refractivity contribution in [2.75, 3.05) is 11.9 Å². The topological polar surface area (TPSA) is 64.4 Å². The van der Waals surface area contributed by atoms with Crippen LogP contribution >= 0.6 is 0 Å². The van der Waals surface area contributed by atoms with Crippen LogP contribution in [-0.2, 0) is 0 Å². The van der Waals surface area contributed by atoms with Gasteiger partial charge in [-0.15, -0.1) is 0 Å². The molecule has 0 fully saturated rings. The number of ether oxygens (including phenoxy) is 1. The molecule has 106 valence electrons. The fourth-order valence-corrected chi connectivity index (χ4v) is 1.56. The zero-order valence-electron chi connectivity index (χ0n) is 12.0. The van der Waals surface area contributed by atoms with Gasteiger partial charge in [0, 0.05) is 24.4 Å². The van der Waals surface area contributed by atoms with Crippen LogP contribution < -0.4 is 10.1 Å². The first-order valence-electron chi connectivity index (χ1n) is 6.63. The van der Waals surface area contributed by atoms with E-state index < -0.39 is 4.92 Å². The van der Waals surface area contributed by atoms with Gasteiger partial charge < -0.3 is 10.1 Å². The molecule has 0 heterocycles. The molecule has 0 saturated heterocycles. The Kier molecular flexibility index (Phi) is 5.60. The summed E-state index contributed by atoms with van der Waals surface area (Å²) in [6, 6.07) is 4.89. The molecule has 1 aromatic carbocycles. The molecular formula is C14H22N2O3. The number of hydrogen-bond acceptors (Lipinski definition) is 4. The fourth-order valence-electron chi connectivity index (χ4n) is 1.56. The molecule has 1 atom stereocenters. The van der Waals surface area contributed by atoms with Gasteiger partial charge in [0.05, 0.1) is 11.0 Å². The van der Waals surface area contributed by atoms with Gasteiger partial charge >= 0.3 is 5.69 Å². The van der Waals surface area contributed by atoms with E-state index in [4.69, 9.17) is 4.74 Å². The lowest BCUT2D eigenvalue weighted by Gasteiger charge is -2.14. The summed E-state index contributed by atoms with van der Waals surface area (Å²) in [5.41, 5.74) is 0.851. The standard InChI is InChI=1S/C14H22N2O3/c1-5-11(4)9-15-12-6-7-13(16(17)18)14(8-12)19-10(2)3/h6-8,10-11,15H,5,9H2,1-4H3. The van der Waals surface area contributed by atoms with Crippen molar-refractivity contribution in [3.63, 3.8) is 0 Å². The van der Waals surface area contributed by atoms with Crippen molar-refractivity contribution in [2.24, 2.45) is 5.92 Å². The summed E-state index contributed by atoms with van der Waals surface area (Å²) in [6.45, 7) is 8.83. The lowest BCUT2D eigenvalue weighted by Crippen LogP contribution is -2.11. The third kappa shape index (κ3) is 4.77. The molecular weight excluding hydrogens is 244 g/mol. The highest BCUT2D eigenvalue weighted by molar-refractivity contribution is 5.58. The highest BCUT2D eigenvalue weighted by Gasteiger charge is 2.16. The van der Waals surface area contributed by atoms with Crippen LogP contribution in [-0.4, -0.2) is 17.6 Å². The molecule has 5 nitrogen and oxygen atoms in total. The van der Waals surface area contributed by atoms with Gasteiger partial charge in [-0.25, -0.2) is 0 Å². The summed E-state index contributed by atoms with van der Waals surface area (Å²) in [5.74, 6) is 0.874. The maximum atomic E-state index is 10.9. The molecule has 0 aliphatic heterocycles. The van der Waals surface area contributed by atoms with Gasteiger partial charge in [-0.3, -0.25) is 10.1 Å². The molecule has 1 N–H and O–H groups in total. The zero-order chi connectivity index (χ0) is 14.4. The summed E-state index contributed by atoms with van der Waals surface area (Å²) >= 11 is 0. The molecule has 19 heavy (non-hydrogen) atoms. The predicted molar refractivity (Wildman–Crippen MR) is 76.8 cm³/mol. The van der Waals surface area contributed by atoms with Crippen molar-refractivity contribution in [3.05, 3.63) is 28.3 Å². The Labute approximate surface area is 114 Å². The van der Waals surface area contributed by atoms with Crippen LogP contribution in [0.4, 0.5) is 11.4 Å². The van der Waals surface area contributed by atoms with Gasteiger partial charge in [-0.1, -0.05) is 20.3 Å². The molecule has 0 bridgehead atoms. The molecule has 0 radical (unpaired) electrons. The molecule has 0 spiro atoms. The van der Waals surface area contributed by atoms with Crippen LogP contribution in [0.3, 0.4) is 0 Å². The Morgan fingerprint density at radius 3 is 2.58 bits per heavy atom. The summed E-state index contributed by atoms with van der Waals surface area (Å²) < 4.78 is 5.50. The molecule has 0 aliphatic rings. The molecule has 1 unspecified atom stereocenters. The van der Waals surface area contributed by atoms with Crippen molar-refractivity contribution in [1.29, 1.82) is 0 Å². The Balaban J connectivity index is 2.88. The highest BCUT2D eigenvalue weighted by atomic mass is 16.6. The zero-order valence-corrected chi connectivity index (χ0v) is 12.0. The van der Waals surface area contributed by atoms with Crippen molar-refractivity contribution in [1.82, 2.24) is 0 Å². The lowest BCUT2D eigenvalue weighted by molar-refractivity contribution is -0.386. The van der Waals surface area contributed by atoms with E-state index in [1.165, 1.54) is 6.07 Å². The number of nitrogens with one attached hydrogen (secondary N) is 1. The quantitative estimate of drug-likeness (QED) is 0.601. The molecule has 1 aromatic rings. The lowest BCUT2D eigenvalue weighted by atomic mass is 10.1. The third-order valence-corrected chi connectivity index (χ3v) is 2.87. The monoisotopic (exact) mass is 266 g/mol. The van der Waals surface area contributed by atoms with Crippen molar-refractivity contribution >= 4 is 11.4 Å². The normalized spacial score (nSPS) is 12.3. The van der Waals surface area contributed by atoms with E-state index in [2.05, 4.69) is 19.2 Å². The second-order valence-electron chi connectivity index (χ2n) is 5.00. The maximum Gasteiger partial charge on any atom is 0.311 e. The minimum atomic E-state index is -0.420. The Morgan fingerprint density at radius 2 is 2.05 bits per heavy atom. The van der Waals surface area contributed by atoms with E-state index in [-0.39, 0.29) is 11.8 Å². The van der Waals surface area contributed by atoms with Gasteiger partial charge in [-0.05, 0) is 25.8 Å². The van der Waals surface area contributed by atoms with E-state index in [1.54, 1.807) is 12.1 Å². The third-order valence-electron chi connectivity index (χ3n) is 2.87. The van der Waals surface area contributed by atoms with Crippen LogP contribution in [0.15, 0.2) is 18.2 Å². The average Bonchev–Trinajstić information content (AvgIpc) is 2.35. The smallest absolute Gasteiger partial charge is 0.311 e. The summed E-state index contributed by atoms with van der Waals surface area (Å²) in [6.07, 6.45) is 0.999. The van der Waals surface area contributed by atoms with Gasteiger partial charge in [0.15, 0.2) is 5.75 Å². The highest BCUT2D eigenvalue weighted by Crippen LogP contribution is 2.31. The minimum absolute atomic E-state index is 0.00258. The number of anilines is 1. The largest absolute Gasteiger partial charge is 0.484 e. The van der Waals surface area contributed by atoms with E-state index in [0.29, 0.717) is 11.7 Å². The Morgan fingerprint density at radius 1 is 1.37 bits per heavy atom. The number of rotatable bonds is 7. The Bertz CT molecular complexity index is 433. The SMILES string of the molecule is CCC(C)CNc1ccc([N+](=O)[O-])c(OC(C)C)c1. The van der Waals surface area contributed by atoms with Gasteiger partial charge in [0.1, 0.15) is 0 Å². The fraction of sp³-hybridized carbons (Fsp3) is 0.571. The predicted octanol–water partition coefficient (Wildman–Crippen LogP) is 3.84. The van der Waals surface area contributed by atoms with Crippen molar-refractivity contribution in [2.45, 2.75) is 40.2 Å². The first-order chi connectivity index (χ1) is 8.93. The number of nitrogens with zero attached hydrogens (tertiary/aromatic N) is 1. The summed E-state index contributed by atoms with van der Waals surface area (Å²) in [5, 5.41) is 14.2. The first kappa shape index (κ1) is 15.3.